The smallest absolute Gasteiger partial charge is 0.308 e. The molecule has 0 aromatic carbocycles. The van der Waals surface area contributed by atoms with Crippen LogP contribution in [-0.4, -0.2) is 60.3 Å². The van der Waals surface area contributed by atoms with Gasteiger partial charge in [0, 0.05) is 40.1 Å². The van der Waals surface area contributed by atoms with E-state index < -0.39 is 63.8 Å². The highest BCUT2D eigenvalue weighted by molar-refractivity contribution is 5.73. The highest BCUT2D eigenvalue weighted by atomic mass is 16.7. The Morgan fingerprint density at radius 3 is 2.62 bits per heavy atom. The van der Waals surface area contributed by atoms with E-state index in [2.05, 4.69) is 6.92 Å². The Bertz CT molecular complexity index is 1310. The van der Waals surface area contributed by atoms with Crippen LogP contribution < -0.4 is 0 Å². The monoisotopic (exact) mass is 586 g/mol. The first-order chi connectivity index (χ1) is 19.8. The van der Waals surface area contributed by atoms with Crippen LogP contribution in [0.25, 0.3) is 0 Å². The first-order valence-electron chi connectivity index (χ1n) is 15.4. The zero-order valence-corrected chi connectivity index (χ0v) is 25.2. The number of hydrogen-bond acceptors (Lipinski definition) is 10. The third kappa shape index (κ3) is 3.19. The summed E-state index contributed by atoms with van der Waals surface area (Å²) in [5, 5.41) is 12.7. The first kappa shape index (κ1) is 28.3. The lowest BCUT2D eigenvalue weighted by Crippen LogP contribution is -2.83. The molecule has 5 heterocycles. The molecule has 1 N–H and O–H groups in total. The standard InChI is InChI=1S/C32H42O10/c1-7-16(2)27(35)41-25-23-26-31(42-26)18(30(5)19(12-21(33)37-6)29(25,4)15-39-32(23,30)36)8-10-28(3)20(31)13-22(34)40-24(28)17-9-11-38-14-17/h9,11,14,16,18-20,23-26,36H,7-8,10,12-13,15H2,1-6H3. The van der Waals surface area contributed by atoms with E-state index in [1.54, 1.807) is 12.5 Å². The summed E-state index contributed by atoms with van der Waals surface area (Å²) in [6.45, 7) is 10.1. The number of hydrogen-bond donors (Lipinski definition) is 1. The first-order valence-corrected chi connectivity index (χ1v) is 15.4. The molecule has 42 heavy (non-hydrogen) atoms. The lowest BCUT2D eigenvalue weighted by Gasteiger charge is -2.74. The van der Waals surface area contributed by atoms with E-state index in [1.165, 1.54) is 7.11 Å². The Morgan fingerprint density at radius 1 is 1.19 bits per heavy atom. The highest BCUT2D eigenvalue weighted by Gasteiger charge is 2.91. The van der Waals surface area contributed by atoms with Crippen molar-refractivity contribution in [3.8, 4) is 0 Å². The second-order valence-corrected chi connectivity index (χ2v) is 14.5. The molecular formula is C32H42O10. The average molecular weight is 587 g/mol. The zero-order chi connectivity index (χ0) is 30.0. The van der Waals surface area contributed by atoms with Crippen LogP contribution in [0.4, 0.5) is 0 Å². The van der Waals surface area contributed by atoms with Crippen LogP contribution in [0.2, 0.25) is 0 Å². The Labute approximate surface area is 245 Å². The number of esters is 3. The third-order valence-corrected chi connectivity index (χ3v) is 12.9. The van der Waals surface area contributed by atoms with E-state index in [-0.39, 0.29) is 49.1 Å². The van der Waals surface area contributed by atoms with Crippen molar-refractivity contribution in [2.45, 2.75) is 96.4 Å². The van der Waals surface area contributed by atoms with Gasteiger partial charge in [-0.25, -0.2) is 0 Å². The fourth-order valence-corrected chi connectivity index (χ4v) is 10.5. The molecule has 3 saturated carbocycles. The number of fused-ring (bicyclic) bond motifs is 2. The molecule has 3 aliphatic carbocycles. The quantitative estimate of drug-likeness (QED) is 0.297. The van der Waals surface area contributed by atoms with E-state index in [1.807, 2.05) is 33.8 Å². The Kier molecular flexibility index (Phi) is 5.95. The van der Waals surface area contributed by atoms with Crippen molar-refractivity contribution in [2.75, 3.05) is 13.7 Å². The fraction of sp³-hybridized carbons (Fsp3) is 0.781. The van der Waals surface area contributed by atoms with E-state index in [4.69, 9.17) is 28.1 Å². The van der Waals surface area contributed by atoms with Crippen molar-refractivity contribution in [1.29, 1.82) is 0 Å². The summed E-state index contributed by atoms with van der Waals surface area (Å²) in [4.78, 5) is 39.5. The number of ether oxygens (including phenoxy) is 5. The minimum atomic E-state index is -1.70. The van der Waals surface area contributed by atoms with Gasteiger partial charge in [-0.15, -0.1) is 0 Å². The van der Waals surface area contributed by atoms with Crippen LogP contribution in [0, 0.1) is 45.8 Å². The molecule has 7 fully saturated rings. The van der Waals surface area contributed by atoms with E-state index >= 15 is 0 Å². The topological polar surface area (TPSA) is 134 Å². The third-order valence-electron chi connectivity index (χ3n) is 12.9. The van der Waals surface area contributed by atoms with Crippen LogP contribution in [0.15, 0.2) is 23.0 Å². The molecule has 0 amide bonds. The van der Waals surface area contributed by atoms with Gasteiger partial charge in [-0.3, -0.25) is 14.4 Å². The molecule has 8 rings (SSSR count). The fourth-order valence-electron chi connectivity index (χ4n) is 10.5. The number of furan rings is 1. The van der Waals surface area contributed by atoms with Gasteiger partial charge in [-0.05, 0) is 31.2 Å². The van der Waals surface area contributed by atoms with Crippen LogP contribution in [0.3, 0.4) is 0 Å². The van der Waals surface area contributed by atoms with Crippen molar-refractivity contribution in [3.63, 3.8) is 0 Å². The second kappa shape index (κ2) is 8.82. The van der Waals surface area contributed by atoms with Crippen molar-refractivity contribution in [2.24, 2.45) is 45.8 Å². The second-order valence-electron chi connectivity index (χ2n) is 14.5. The molecule has 10 nitrogen and oxygen atoms in total. The molecule has 1 aromatic heterocycles. The maximum absolute atomic E-state index is 13.3. The van der Waals surface area contributed by atoms with Crippen molar-refractivity contribution in [3.05, 3.63) is 24.2 Å². The number of epoxide rings is 1. The summed E-state index contributed by atoms with van der Waals surface area (Å²) in [5.74, 6) is -4.63. The largest absolute Gasteiger partial charge is 0.472 e. The molecule has 230 valence electrons. The number of carbonyl (C=O) groups excluding carboxylic acids is 3. The number of rotatable bonds is 6. The van der Waals surface area contributed by atoms with Crippen LogP contribution >= 0.6 is 0 Å². The van der Waals surface area contributed by atoms with Gasteiger partial charge in [0.2, 0.25) is 0 Å². The minimum absolute atomic E-state index is 0.0398. The minimum Gasteiger partial charge on any atom is -0.472 e. The van der Waals surface area contributed by atoms with Crippen LogP contribution in [-0.2, 0) is 38.1 Å². The molecule has 4 bridgehead atoms. The van der Waals surface area contributed by atoms with Gasteiger partial charge in [0.25, 0.3) is 0 Å². The average Bonchev–Trinajstić information content (AvgIpc) is 3.41. The molecule has 1 spiro atoms. The summed E-state index contributed by atoms with van der Waals surface area (Å²) in [5.41, 5.74) is -2.15. The maximum atomic E-state index is 13.3. The predicted octanol–water partition coefficient (Wildman–Crippen LogP) is 3.95. The van der Waals surface area contributed by atoms with Gasteiger partial charge in [-0.1, -0.05) is 34.6 Å². The molecule has 4 aliphatic heterocycles. The number of cyclic esters (lactones) is 1. The Balaban J connectivity index is 1.38. The molecule has 13 atom stereocenters. The lowest BCUT2D eigenvalue weighted by atomic mass is 9.34. The summed E-state index contributed by atoms with van der Waals surface area (Å²) in [6, 6.07) is 1.84. The molecule has 10 heteroatoms. The van der Waals surface area contributed by atoms with Crippen molar-refractivity contribution in [1.82, 2.24) is 0 Å². The van der Waals surface area contributed by atoms with Gasteiger partial charge < -0.3 is 33.2 Å². The van der Waals surface area contributed by atoms with Crippen molar-refractivity contribution >= 4 is 17.9 Å². The van der Waals surface area contributed by atoms with Gasteiger partial charge in [0.05, 0.1) is 50.6 Å². The molecule has 13 unspecified atom stereocenters. The molecule has 4 saturated heterocycles. The Hall–Kier alpha value is -2.43. The summed E-state index contributed by atoms with van der Waals surface area (Å²) in [6.07, 6.45) is 3.69. The molecule has 0 radical (unpaired) electrons. The predicted molar refractivity (Wildman–Crippen MR) is 144 cm³/mol. The lowest BCUT2D eigenvalue weighted by molar-refractivity contribution is -0.446. The normalized spacial score (nSPS) is 50.5. The van der Waals surface area contributed by atoms with Gasteiger partial charge in [0.15, 0.2) is 5.79 Å². The number of aliphatic hydroxyl groups is 1. The maximum Gasteiger partial charge on any atom is 0.308 e. The summed E-state index contributed by atoms with van der Waals surface area (Å²) >= 11 is 0. The SMILES string of the molecule is CCC(C)C(=O)OC1C2C3OC34C3CC(=O)OC(c5ccoc5)C3(C)CCC4C3(C)C(CC(=O)OC)C1(C)COC23O. The van der Waals surface area contributed by atoms with E-state index in [0.717, 1.165) is 5.56 Å². The summed E-state index contributed by atoms with van der Waals surface area (Å²) in [7, 11) is 1.36. The highest BCUT2D eigenvalue weighted by Crippen LogP contribution is 2.82. The number of carbonyl (C=O) groups is 3. The Morgan fingerprint density at radius 2 is 1.95 bits per heavy atom. The van der Waals surface area contributed by atoms with Gasteiger partial charge in [-0.2, -0.15) is 0 Å². The van der Waals surface area contributed by atoms with Gasteiger partial charge >= 0.3 is 17.9 Å². The molecular weight excluding hydrogens is 544 g/mol. The van der Waals surface area contributed by atoms with Gasteiger partial charge in [0.1, 0.15) is 17.8 Å². The molecule has 1 aromatic rings. The molecule has 7 aliphatic rings. The van der Waals surface area contributed by atoms with Crippen molar-refractivity contribution < 1.29 is 47.6 Å². The van der Waals surface area contributed by atoms with E-state index in [9.17, 15) is 19.5 Å². The van der Waals surface area contributed by atoms with E-state index in [0.29, 0.717) is 19.3 Å². The zero-order valence-electron chi connectivity index (χ0n) is 25.2. The van der Waals surface area contributed by atoms with Crippen LogP contribution in [0.5, 0.6) is 0 Å². The summed E-state index contributed by atoms with van der Waals surface area (Å²) < 4.78 is 36.2. The number of methoxy groups -OCH3 is 1. The van der Waals surface area contributed by atoms with Crippen LogP contribution in [0.1, 0.15) is 78.4 Å².